The van der Waals surface area contributed by atoms with Crippen LogP contribution < -0.4 is 0 Å². The number of hydrogen-bond acceptors (Lipinski definition) is 4. The lowest BCUT2D eigenvalue weighted by Gasteiger charge is -2.26. The molecule has 0 N–H and O–H groups in total. The zero-order valence-electron chi connectivity index (χ0n) is 11.4. The van der Waals surface area contributed by atoms with Gasteiger partial charge in [0.1, 0.15) is 11.3 Å². The Hall–Kier alpha value is -2.01. The van der Waals surface area contributed by atoms with Crippen molar-refractivity contribution in [2.24, 2.45) is 0 Å². The first-order chi connectivity index (χ1) is 9.61. The van der Waals surface area contributed by atoms with Gasteiger partial charge in [0.25, 0.3) is 0 Å². The molecular weight excluding hydrogens is 259 g/mol. The number of aromatic nitrogens is 1. The van der Waals surface area contributed by atoms with E-state index in [2.05, 4.69) is 9.88 Å². The highest BCUT2D eigenvalue weighted by atomic mass is 19.1. The minimum atomic E-state index is -0.436. The second-order valence-electron chi connectivity index (χ2n) is 5.03. The highest BCUT2D eigenvalue weighted by Crippen LogP contribution is 2.29. The monoisotopic (exact) mass is 274 g/mol. The van der Waals surface area contributed by atoms with Gasteiger partial charge >= 0.3 is 5.97 Å². The van der Waals surface area contributed by atoms with E-state index in [-0.39, 0.29) is 5.52 Å². The van der Waals surface area contributed by atoms with Gasteiger partial charge in [0.15, 0.2) is 0 Å². The highest BCUT2D eigenvalue weighted by molar-refractivity contribution is 6.05. The molecule has 4 nitrogen and oxygen atoms in total. The normalized spacial score (nSPS) is 15.2. The zero-order chi connectivity index (χ0) is 14.3. The number of methoxy groups -OCH3 is 1. The quantitative estimate of drug-likeness (QED) is 0.747. The lowest BCUT2D eigenvalue weighted by Crippen LogP contribution is -2.29. The highest BCUT2D eigenvalue weighted by Gasteiger charge is 2.25. The Morgan fingerprint density at radius 3 is 3.00 bits per heavy atom. The van der Waals surface area contributed by atoms with Crippen molar-refractivity contribution in [1.29, 1.82) is 0 Å². The number of pyridine rings is 1. The van der Waals surface area contributed by atoms with Crippen molar-refractivity contribution in [2.45, 2.75) is 13.0 Å². The fourth-order valence-electron chi connectivity index (χ4n) is 2.70. The summed E-state index contributed by atoms with van der Waals surface area (Å²) in [7, 11) is 3.33. The van der Waals surface area contributed by atoms with E-state index < -0.39 is 11.8 Å². The molecule has 104 valence electrons. The Labute approximate surface area is 116 Å². The van der Waals surface area contributed by atoms with Crippen LogP contribution in [0.4, 0.5) is 4.39 Å². The number of likely N-dealkylation sites (N-methyl/N-ethyl adjacent to an activating group) is 1. The van der Waals surface area contributed by atoms with Crippen LogP contribution in [-0.4, -0.2) is 36.6 Å². The number of nitrogens with zero attached hydrogens (tertiary/aromatic N) is 2. The van der Waals surface area contributed by atoms with Crippen molar-refractivity contribution < 1.29 is 13.9 Å². The summed E-state index contributed by atoms with van der Waals surface area (Å²) in [6.45, 7) is 1.47. The van der Waals surface area contributed by atoms with Crippen molar-refractivity contribution in [3.63, 3.8) is 0 Å². The summed E-state index contributed by atoms with van der Waals surface area (Å²) in [5, 5.41) is 0.519. The average Bonchev–Trinajstić information content (AvgIpc) is 2.45. The molecule has 0 unspecified atom stereocenters. The number of hydrogen-bond donors (Lipinski definition) is 0. The summed E-state index contributed by atoms with van der Waals surface area (Å²) in [5.74, 6) is -0.844. The minimum absolute atomic E-state index is 0.246. The van der Waals surface area contributed by atoms with Crippen molar-refractivity contribution >= 4 is 16.9 Å². The Kier molecular flexibility index (Phi) is 3.14. The third kappa shape index (κ3) is 1.94. The Morgan fingerprint density at radius 1 is 1.45 bits per heavy atom. The van der Waals surface area contributed by atoms with Crippen molar-refractivity contribution in [1.82, 2.24) is 9.88 Å². The summed E-state index contributed by atoms with van der Waals surface area (Å²) in [5.41, 5.74) is 2.33. The molecule has 0 aliphatic carbocycles. The standard InChI is InChI=1S/C15H15FN2O2/c1-18-7-6-12-10(8-18)13(15(19)20-2)9-4-3-5-11(16)14(9)17-12/h3-5H,6-8H2,1-2H3. The van der Waals surface area contributed by atoms with E-state index in [4.69, 9.17) is 4.74 Å². The fourth-order valence-corrected chi connectivity index (χ4v) is 2.70. The smallest absolute Gasteiger partial charge is 0.338 e. The molecule has 2 heterocycles. The summed E-state index contributed by atoms with van der Waals surface area (Å²) < 4.78 is 18.8. The lowest BCUT2D eigenvalue weighted by atomic mass is 9.96. The van der Waals surface area contributed by atoms with Gasteiger partial charge in [0.05, 0.1) is 12.7 Å². The lowest BCUT2D eigenvalue weighted by molar-refractivity contribution is 0.0600. The zero-order valence-corrected chi connectivity index (χ0v) is 11.4. The fraction of sp³-hybridized carbons (Fsp3) is 0.333. The van der Waals surface area contributed by atoms with E-state index in [1.807, 2.05) is 7.05 Å². The summed E-state index contributed by atoms with van der Waals surface area (Å²) >= 11 is 0. The number of esters is 1. The molecule has 0 saturated carbocycles. The third-order valence-electron chi connectivity index (χ3n) is 3.70. The number of para-hydroxylation sites is 1. The average molecular weight is 274 g/mol. The van der Waals surface area contributed by atoms with Gasteiger partial charge in [-0.15, -0.1) is 0 Å². The molecule has 3 rings (SSSR count). The number of carbonyl (C=O) groups excluding carboxylic acids is 1. The molecule has 1 aliphatic heterocycles. The van der Waals surface area contributed by atoms with E-state index in [0.717, 1.165) is 17.8 Å². The SMILES string of the molecule is COC(=O)c1c2c(nc3c(F)cccc13)CCN(C)C2. The number of benzene rings is 1. The first-order valence-electron chi connectivity index (χ1n) is 6.48. The van der Waals surface area contributed by atoms with Crippen LogP contribution in [0.15, 0.2) is 18.2 Å². The molecule has 0 amide bonds. The largest absolute Gasteiger partial charge is 0.465 e. The molecular formula is C15H15FN2O2. The number of fused-ring (bicyclic) bond motifs is 2. The van der Waals surface area contributed by atoms with Gasteiger partial charge in [-0.2, -0.15) is 0 Å². The van der Waals surface area contributed by atoms with Gasteiger partial charge in [0.2, 0.25) is 0 Å². The molecule has 1 aromatic heterocycles. The van der Waals surface area contributed by atoms with Gasteiger partial charge in [0, 0.05) is 36.2 Å². The maximum absolute atomic E-state index is 14.0. The predicted molar refractivity (Wildman–Crippen MR) is 73.1 cm³/mol. The second kappa shape index (κ2) is 4.83. The first kappa shape index (κ1) is 13.0. The van der Waals surface area contributed by atoms with Gasteiger partial charge in [-0.05, 0) is 13.1 Å². The predicted octanol–water partition coefficient (Wildman–Crippen LogP) is 2.15. The molecule has 2 aromatic rings. The summed E-state index contributed by atoms with van der Waals surface area (Å²) in [4.78, 5) is 18.7. The molecule has 0 atom stereocenters. The van der Waals surface area contributed by atoms with E-state index in [1.165, 1.54) is 13.2 Å². The van der Waals surface area contributed by atoms with Crippen LogP contribution in [-0.2, 0) is 17.7 Å². The van der Waals surface area contributed by atoms with Crippen LogP contribution in [0.3, 0.4) is 0 Å². The number of carbonyl (C=O) groups is 1. The van der Waals surface area contributed by atoms with Crippen LogP contribution in [0, 0.1) is 5.82 Å². The molecule has 20 heavy (non-hydrogen) atoms. The van der Waals surface area contributed by atoms with E-state index >= 15 is 0 Å². The summed E-state index contributed by atoms with van der Waals surface area (Å²) in [6.07, 6.45) is 0.708. The van der Waals surface area contributed by atoms with Gasteiger partial charge in [-0.3, -0.25) is 0 Å². The second-order valence-corrected chi connectivity index (χ2v) is 5.03. The molecule has 0 fully saturated rings. The topological polar surface area (TPSA) is 42.4 Å². The van der Waals surface area contributed by atoms with Crippen LogP contribution >= 0.6 is 0 Å². The van der Waals surface area contributed by atoms with Crippen LogP contribution in [0.2, 0.25) is 0 Å². The van der Waals surface area contributed by atoms with Crippen molar-refractivity contribution in [3.8, 4) is 0 Å². The first-order valence-corrected chi connectivity index (χ1v) is 6.48. The minimum Gasteiger partial charge on any atom is -0.465 e. The Morgan fingerprint density at radius 2 is 2.25 bits per heavy atom. The van der Waals surface area contributed by atoms with Crippen LogP contribution in [0.5, 0.6) is 0 Å². The maximum Gasteiger partial charge on any atom is 0.338 e. The van der Waals surface area contributed by atoms with Gasteiger partial charge in [-0.1, -0.05) is 12.1 Å². The van der Waals surface area contributed by atoms with Crippen molar-refractivity contribution in [3.05, 3.63) is 40.8 Å². The number of halogens is 1. The number of ether oxygens (including phenoxy) is 1. The van der Waals surface area contributed by atoms with Gasteiger partial charge in [-0.25, -0.2) is 14.2 Å². The molecule has 0 radical (unpaired) electrons. The molecule has 1 aromatic carbocycles. The van der Waals surface area contributed by atoms with E-state index in [9.17, 15) is 9.18 Å². The maximum atomic E-state index is 14.0. The van der Waals surface area contributed by atoms with E-state index in [1.54, 1.807) is 12.1 Å². The van der Waals surface area contributed by atoms with Gasteiger partial charge < -0.3 is 9.64 Å². The number of rotatable bonds is 1. The third-order valence-corrected chi connectivity index (χ3v) is 3.70. The Balaban J connectivity index is 2.37. The molecule has 5 heteroatoms. The molecule has 0 bridgehead atoms. The van der Waals surface area contributed by atoms with Crippen LogP contribution in [0.25, 0.3) is 10.9 Å². The molecule has 0 saturated heterocycles. The van der Waals surface area contributed by atoms with E-state index in [0.29, 0.717) is 23.9 Å². The molecule has 1 aliphatic rings. The summed E-state index contributed by atoms with van der Waals surface area (Å²) in [6, 6.07) is 4.66. The molecule has 0 spiro atoms. The Bertz CT molecular complexity index is 700. The van der Waals surface area contributed by atoms with Crippen molar-refractivity contribution in [2.75, 3.05) is 20.7 Å². The van der Waals surface area contributed by atoms with Crippen LogP contribution in [0.1, 0.15) is 21.6 Å².